The predicted molar refractivity (Wildman–Crippen MR) is 87.7 cm³/mol. The highest BCUT2D eigenvalue weighted by molar-refractivity contribution is 5.21. The van der Waals surface area contributed by atoms with Crippen LogP contribution in [0.1, 0.15) is 58.3 Å². The molecule has 1 saturated heterocycles. The molecule has 23 heavy (non-hydrogen) atoms. The minimum Gasteiger partial charge on any atom is -0.393 e. The molecule has 3 heteroatoms. The van der Waals surface area contributed by atoms with Gasteiger partial charge in [-0.3, -0.25) is 0 Å². The highest BCUT2D eigenvalue weighted by atomic mass is 16.7. The van der Waals surface area contributed by atoms with Crippen LogP contribution in [0.3, 0.4) is 0 Å². The summed E-state index contributed by atoms with van der Waals surface area (Å²) in [5.74, 6) is 2.87. The zero-order valence-corrected chi connectivity index (χ0v) is 14.3. The Bertz CT molecular complexity index is 521. The van der Waals surface area contributed by atoms with Gasteiger partial charge in [0.05, 0.1) is 19.3 Å². The van der Waals surface area contributed by atoms with E-state index < -0.39 is 0 Å². The Kier molecular flexibility index (Phi) is 3.28. The van der Waals surface area contributed by atoms with Gasteiger partial charge in [0.1, 0.15) is 0 Å². The second-order valence-corrected chi connectivity index (χ2v) is 9.02. The largest absolute Gasteiger partial charge is 0.393 e. The number of aliphatic hydroxyl groups is 1. The smallest absolute Gasteiger partial charge is 0.172 e. The molecule has 5 rings (SSSR count). The topological polar surface area (TPSA) is 38.7 Å². The molecule has 0 unspecified atom stereocenters. The van der Waals surface area contributed by atoms with Gasteiger partial charge in [-0.05, 0) is 67.6 Å². The van der Waals surface area contributed by atoms with Crippen molar-refractivity contribution in [1.82, 2.24) is 0 Å². The Morgan fingerprint density at radius 3 is 2.70 bits per heavy atom. The molecule has 4 aliphatic carbocycles. The highest BCUT2D eigenvalue weighted by Crippen LogP contribution is 2.62. The third-order valence-corrected chi connectivity index (χ3v) is 8.21. The SMILES string of the molecule is C[C@]12CC[C@H]3[C@H](CC=C4CC5(CC[C@H]43)OCCO5)[C@@H]1CC[C@H]2O. The van der Waals surface area contributed by atoms with Crippen LogP contribution in [0.25, 0.3) is 0 Å². The molecule has 3 nitrogen and oxygen atoms in total. The molecule has 0 bridgehead atoms. The first kappa shape index (κ1) is 14.9. The van der Waals surface area contributed by atoms with Crippen molar-refractivity contribution in [2.45, 2.75) is 70.2 Å². The molecule has 0 aromatic rings. The molecular formula is C20H30O3. The molecule has 1 heterocycles. The van der Waals surface area contributed by atoms with Crippen LogP contribution < -0.4 is 0 Å². The average molecular weight is 318 g/mol. The van der Waals surface area contributed by atoms with Crippen molar-refractivity contribution in [2.24, 2.45) is 29.1 Å². The summed E-state index contributed by atoms with van der Waals surface area (Å²) >= 11 is 0. The Morgan fingerprint density at radius 2 is 1.87 bits per heavy atom. The van der Waals surface area contributed by atoms with Gasteiger partial charge in [-0.1, -0.05) is 18.6 Å². The summed E-state index contributed by atoms with van der Waals surface area (Å²) < 4.78 is 11.9. The number of fused-ring (bicyclic) bond motifs is 5. The van der Waals surface area contributed by atoms with Crippen LogP contribution in [0, 0.1) is 29.1 Å². The first-order chi connectivity index (χ1) is 11.1. The molecule has 128 valence electrons. The van der Waals surface area contributed by atoms with E-state index in [-0.39, 0.29) is 17.3 Å². The minimum absolute atomic E-state index is 0.0614. The Morgan fingerprint density at radius 1 is 1.04 bits per heavy atom. The molecule has 1 N–H and O–H groups in total. The standard InChI is InChI=1S/C20H30O3/c1-19-8-6-15-14-7-9-20(22-10-11-23-20)12-13(14)2-3-16(15)17(19)4-5-18(19)21/h2,14-18,21H,3-12H2,1H3/t14-,15-,16+,17+,18-,19+/m1/s1. The molecular weight excluding hydrogens is 288 g/mol. The number of ether oxygens (including phenoxy) is 2. The normalized spacial score (nSPS) is 51.0. The van der Waals surface area contributed by atoms with E-state index in [0.717, 1.165) is 56.1 Å². The average Bonchev–Trinajstić information content (AvgIpc) is 3.12. The van der Waals surface area contributed by atoms with Gasteiger partial charge in [0.2, 0.25) is 0 Å². The Hall–Kier alpha value is -0.380. The summed E-state index contributed by atoms with van der Waals surface area (Å²) in [4.78, 5) is 0. The summed E-state index contributed by atoms with van der Waals surface area (Å²) in [6.45, 7) is 3.89. The minimum atomic E-state index is -0.276. The molecule has 1 spiro atoms. The van der Waals surface area contributed by atoms with Crippen molar-refractivity contribution in [1.29, 1.82) is 0 Å². The van der Waals surface area contributed by atoms with E-state index in [2.05, 4.69) is 13.0 Å². The quantitative estimate of drug-likeness (QED) is 0.693. The number of hydrogen-bond acceptors (Lipinski definition) is 3. The zero-order chi connectivity index (χ0) is 15.7. The Labute approximate surface area is 139 Å². The monoisotopic (exact) mass is 318 g/mol. The van der Waals surface area contributed by atoms with E-state index in [1.807, 2.05) is 0 Å². The fourth-order valence-electron chi connectivity index (χ4n) is 6.96. The van der Waals surface area contributed by atoms with Crippen LogP contribution in [-0.4, -0.2) is 30.2 Å². The van der Waals surface area contributed by atoms with Crippen LogP contribution in [0.5, 0.6) is 0 Å². The van der Waals surface area contributed by atoms with Gasteiger partial charge in [0.15, 0.2) is 5.79 Å². The van der Waals surface area contributed by atoms with Crippen molar-refractivity contribution in [3.8, 4) is 0 Å². The van der Waals surface area contributed by atoms with Gasteiger partial charge in [0, 0.05) is 12.8 Å². The number of hydrogen-bond donors (Lipinski definition) is 1. The molecule has 5 aliphatic rings. The summed E-state index contributed by atoms with van der Waals surface area (Å²) in [6, 6.07) is 0. The van der Waals surface area contributed by atoms with Gasteiger partial charge < -0.3 is 14.6 Å². The fraction of sp³-hybridized carbons (Fsp3) is 0.900. The molecule has 0 radical (unpaired) electrons. The summed E-state index contributed by atoms with van der Waals surface area (Å²) in [5, 5.41) is 10.5. The summed E-state index contributed by atoms with van der Waals surface area (Å²) in [5.41, 5.74) is 1.82. The zero-order valence-electron chi connectivity index (χ0n) is 14.3. The van der Waals surface area contributed by atoms with Crippen molar-refractivity contribution < 1.29 is 14.6 Å². The van der Waals surface area contributed by atoms with Gasteiger partial charge >= 0.3 is 0 Å². The lowest BCUT2D eigenvalue weighted by atomic mass is 9.52. The number of allylic oxidation sites excluding steroid dienone is 1. The van der Waals surface area contributed by atoms with Crippen molar-refractivity contribution in [3.63, 3.8) is 0 Å². The lowest BCUT2D eigenvalue weighted by Crippen LogP contribution is -2.48. The molecule has 0 amide bonds. The van der Waals surface area contributed by atoms with Crippen molar-refractivity contribution in [2.75, 3.05) is 13.2 Å². The number of rotatable bonds is 0. The second-order valence-electron chi connectivity index (χ2n) is 9.02. The van der Waals surface area contributed by atoms with E-state index >= 15 is 0 Å². The molecule has 4 fully saturated rings. The van der Waals surface area contributed by atoms with E-state index in [1.54, 1.807) is 5.57 Å². The lowest BCUT2D eigenvalue weighted by molar-refractivity contribution is -0.176. The highest BCUT2D eigenvalue weighted by Gasteiger charge is 2.56. The van der Waals surface area contributed by atoms with E-state index in [9.17, 15) is 5.11 Å². The van der Waals surface area contributed by atoms with E-state index in [4.69, 9.17) is 9.47 Å². The van der Waals surface area contributed by atoms with Crippen LogP contribution >= 0.6 is 0 Å². The maximum atomic E-state index is 10.5. The maximum absolute atomic E-state index is 10.5. The Balaban J connectivity index is 1.41. The van der Waals surface area contributed by atoms with Gasteiger partial charge in [-0.25, -0.2) is 0 Å². The summed E-state index contributed by atoms with van der Waals surface area (Å²) in [7, 11) is 0. The third kappa shape index (κ3) is 2.06. The third-order valence-electron chi connectivity index (χ3n) is 8.21. The molecule has 3 saturated carbocycles. The summed E-state index contributed by atoms with van der Waals surface area (Å²) in [6.07, 6.45) is 11.8. The lowest BCUT2D eigenvalue weighted by Gasteiger charge is -2.53. The second kappa shape index (κ2) is 5.06. The molecule has 6 atom stereocenters. The molecule has 0 aromatic carbocycles. The first-order valence-corrected chi connectivity index (χ1v) is 9.76. The van der Waals surface area contributed by atoms with Gasteiger partial charge in [0.25, 0.3) is 0 Å². The van der Waals surface area contributed by atoms with E-state index in [0.29, 0.717) is 0 Å². The fourth-order valence-corrected chi connectivity index (χ4v) is 6.96. The van der Waals surface area contributed by atoms with Gasteiger partial charge in [-0.15, -0.1) is 0 Å². The van der Waals surface area contributed by atoms with E-state index in [1.165, 1.54) is 32.1 Å². The molecule has 0 aromatic heterocycles. The predicted octanol–water partition coefficient (Wildman–Crippen LogP) is 3.66. The first-order valence-electron chi connectivity index (χ1n) is 9.76. The maximum Gasteiger partial charge on any atom is 0.172 e. The van der Waals surface area contributed by atoms with Crippen LogP contribution in [0.2, 0.25) is 0 Å². The van der Waals surface area contributed by atoms with Gasteiger partial charge in [-0.2, -0.15) is 0 Å². The number of aliphatic hydroxyl groups excluding tert-OH is 1. The van der Waals surface area contributed by atoms with Crippen LogP contribution in [0.4, 0.5) is 0 Å². The van der Waals surface area contributed by atoms with Crippen LogP contribution in [0.15, 0.2) is 11.6 Å². The van der Waals surface area contributed by atoms with Crippen molar-refractivity contribution in [3.05, 3.63) is 11.6 Å². The molecule has 1 aliphatic heterocycles. The van der Waals surface area contributed by atoms with Crippen LogP contribution in [-0.2, 0) is 9.47 Å². The van der Waals surface area contributed by atoms with Crippen molar-refractivity contribution >= 4 is 0 Å².